The van der Waals surface area contributed by atoms with Gasteiger partial charge in [-0.2, -0.15) is 0 Å². The number of amides is 1. The Kier molecular flexibility index (Phi) is 6.97. The van der Waals surface area contributed by atoms with Crippen LogP contribution >= 0.6 is 0 Å². The fourth-order valence-electron chi connectivity index (χ4n) is 3.60. The van der Waals surface area contributed by atoms with Gasteiger partial charge in [0.05, 0.1) is 6.54 Å². The summed E-state index contributed by atoms with van der Waals surface area (Å²) in [4.78, 5) is 17.1. The maximum Gasteiger partial charge on any atom is 0.236 e. The number of nitrogens with zero attached hydrogens (tertiary/aromatic N) is 2. The molecule has 0 aliphatic heterocycles. The molecule has 4 heteroatoms. The van der Waals surface area contributed by atoms with E-state index in [2.05, 4.69) is 16.7 Å². The molecule has 2 fully saturated rings. The highest BCUT2D eigenvalue weighted by molar-refractivity contribution is 5.79. The molecule has 2 aliphatic carbocycles. The highest BCUT2D eigenvalue weighted by Gasteiger charge is 2.32. The standard InChI is InChI=1S/C17H33N3O/c1-2-20(16-10-11-16)17(21)14-19(13-7-12-18)15-8-5-3-4-6-9-15/h15-16H,2-14,18H2,1H3. The third-order valence-corrected chi connectivity index (χ3v) is 4.98. The summed E-state index contributed by atoms with van der Waals surface area (Å²) in [6, 6.07) is 1.13. The van der Waals surface area contributed by atoms with Crippen LogP contribution in [0, 0.1) is 0 Å². The quantitative estimate of drug-likeness (QED) is 0.699. The smallest absolute Gasteiger partial charge is 0.236 e. The highest BCUT2D eigenvalue weighted by atomic mass is 16.2. The van der Waals surface area contributed by atoms with Gasteiger partial charge >= 0.3 is 0 Å². The topological polar surface area (TPSA) is 49.6 Å². The van der Waals surface area contributed by atoms with Crippen molar-refractivity contribution >= 4 is 5.91 Å². The predicted octanol–water partition coefficient (Wildman–Crippen LogP) is 2.37. The summed E-state index contributed by atoms with van der Waals surface area (Å²) >= 11 is 0. The molecule has 2 rings (SSSR count). The molecule has 0 atom stereocenters. The van der Waals surface area contributed by atoms with Gasteiger partial charge in [0.25, 0.3) is 0 Å². The Hall–Kier alpha value is -0.610. The molecule has 2 N–H and O–H groups in total. The zero-order valence-electron chi connectivity index (χ0n) is 13.7. The predicted molar refractivity (Wildman–Crippen MR) is 87.1 cm³/mol. The molecule has 4 nitrogen and oxygen atoms in total. The molecular weight excluding hydrogens is 262 g/mol. The van der Waals surface area contributed by atoms with E-state index in [1.807, 2.05) is 0 Å². The number of rotatable bonds is 8. The minimum atomic E-state index is 0.335. The van der Waals surface area contributed by atoms with Crippen LogP contribution < -0.4 is 5.73 Å². The van der Waals surface area contributed by atoms with Crippen LogP contribution in [0.1, 0.15) is 64.7 Å². The monoisotopic (exact) mass is 295 g/mol. The molecule has 21 heavy (non-hydrogen) atoms. The molecule has 2 saturated carbocycles. The van der Waals surface area contributed by atoms with Crippen LogP contribution in [0.25, 0.3) is 0 Å². The highest BCUT2D eigenvalue weighted by Crippen LogP contribution is 2.27. The van der Waals surface area contributed by atoms with E-state index in [1.54, 1.807) is 0 Å². The SMILES string of the molecule is CCN(C(=O)CN(CCCN)C1CCCCCC1)C1CC1. The maximum atomic E-state index is 12.6. The molecule has 122 valence electrons. The van der Waals surface area contributed by atoms with Gasteiger partial charge in [-0.05, 0) is 45.6 Å². The Balaban J connectivity index is 1.91. The van der Waals surface area contributed by atoms with Crippen molar-refractivity contribution in [3.63, 3.8) is 0 Å². The van der Waals surface area contributed by atoms with E-state index in [0.717, 1.165) is 26.1 Å². The number of hydrogen-bond donors (Lipinski definition) is 1. The molecule has 0 aromatic heterocycles. The second-order valence-electron chi connectivity index (χ2n) is 6.67. The van der Waals surface area contributed by atoms with Crippen molar-refractivity contribution < 1.29 is 4.79 Å². The number of nitrogens with two attached hydrogens (primary N) is 1. The molecule has 0 bridgehead atoms. The molecule has 0 heterocycles. The first-order valence-corrected chi connectivity index (χ1v) is 8.99. The molecule has 0 aromatic rings. The lowest BCUT2D eigenvalue weighted by Gasteiger charge is -2.32. The van der Waals surface area contributed by atoms with Crippen molar-refractivity contribution in [1.29, 1.82) is 0 Å². The average Bonchev–Trinajstić information content (AvgIpc) is 3.30. The molecule has 0 saturated heterocycles. The first kappa shape index (κ1) is 16.8. The van der Waals surface area contributed by atoms with E-state index >= 15 is 0 Å². The lowest BCUT2D eigenvalue weighted by Crippen LogP contribution is -2.46. The van der Waals surface area contributed by atoms with E-state index in [4.69, 9.17) is 5.73 Å². The summed E-state index contributed by atoms with van der Waals surface area (Å²) in [7, 11) is 0. The Labute approximate surface area is 130 Å². The number of hydrogen-bond acceptors (Lipinski definition) is 3. The lowest BCUT2D eigenvalue weighted by atomic mass is 10.1. The van der Waals surface area contributed by atoms with Crippen molar-refractivity contribution in [3.8, 4) is 0 Å². The van der Waals surface area contributed by atoms with Crippen LogP contribution in [0.15, 0.2) is 0 Å². The summed E-state index contributed by atoms with van der Waals surface area (Å²) in [6.07, 6.45) is 11.3. The third kappa shape index (κ3) is 5.26. The average molecular weight is 295 g/mol. The van der Waals surface area contributed by atoms with Gasteiger partial charge in [-0.15, -0.1) is 0 Å². The van der Waals surface area contributed by atoms with Crippen molar-refractivity contribution in [2.75, 3.05) is 26.2 Å². The van der Waals surface area contributed by atoms with E-state index in [9.17, 15) is 4.79 Å². The van der Waals surface area contributed by atoms with Crippen molar-refractivity contribution in [3.05, 3.63) is 0 Å². The van der Waals surface area contributed by atoms with Crippen molar-refractivity contribution in [2.24, 2.45) is 5.73 Å². The van der Waals surface area contributed by atoms with Crippen LogP contribution in [-0.4, -0.2) is 54.0 Å². The Morgan fingerprint density at radius 3 is 2.24 bits per heavy atom. The number of carbonyl (C=O) groups is 1. The fourth-order valence-corrected chi connectivity index (χ4v) is 3.60. The normalized spacial score (nSPS) is 20.5. The van der Waals surface area contributed by atoms with Crippen LogP contribution in [0.4, 0.5) is 0 Å². The first-order chi connectivity index (χ1) is 10.3. The minimum absolute atomic E-state index is 0.335. The second-order valence-corrected chi connectivity index (χ2v) is 6.67. The Morgan fingerprint density at radius 2 is 1.71 bits per heavy atom. The zero-order valence-corrected chi connectivity index (χ0v) is 13.7. The number of carbonyl (C=O) groups excluding carboxylic acids is 1. The summed E-state index contributed by atoms with van der Waals surface area (Å²) in [5.74, 6) is 0.335. The third-order valence-electron chi connectivity index (χ3n) is 4.98. The molecule has 0 unspecified atom stereocenters. The molecule has 0 radical (unpaired) electrons. The van der Waals surface area contributed by atoms with Gasteiger partial charge in [0.1, 0.15) is 0 Å². The van der Waals surface area contributed by atoms with E-state index < -0.39 is 0 Å². The van der Waals surface area contributed by atoms with E-state index in [1.165, 1.54) is 51.4 Å². The van der Waals surface area contributed by atoms with Crippen LogP contribution in [0.5, 0.6) is 0 Å². The molecule has 1 amide bonds. The van der Waals surface area contributed by atoms with Crippen LogP contribution in [0.2, 0.25) is 0 Å². The maximum absolute atomic E-state index is 12.6. The van der Waals surface area contributed by atoms with Gasteiger partial charge in [0.15, 0.2) is 0 Å². The van der Waals surface area contributed by atoms with Crippen molar-refractivity contribution in [1.82, 2.24) is 9.80 Å². The van der Waals surface area contributed by atoms with Gasteiger partial charge < -0.3 is 10.6 Å². The zero-order chi connectivity index (χ0) is 15.1. The molecule has 2 aliphatic rings. The van der Waals surface area contributed by atoms with Gasteiger partial charge in [-0.1, -0.05) is 25.7 Å². The van der Waals surface area contributed by atoms with Crippen LogP contribution in [-0.2, 0) is 4.79 Å². The first-order valence-electron chi connectivity index (χ1n) is 8.99. The summed E-state index contributed by atoms with van der Waals surface area (Å²) in [6.45, 7) is 5.27. The Morgan fingerprint density at radius 1 is 1.05 bits per heavy atom. The van der Waals surface area contributed by atoms with Gasteiger partial charge in [-0.3, -0.25) is 9.69 Å². The second kappa shape index (κ2) is 8.74. The lowest BCUT2D eigenvalue weighted by molar-refractivity contribution is -0.133. The molecule has 0 aromatic carbocycles. The fraction of sp³-hybridized carbons (Fsp3) is 0.941. The number of likely N-dealkylation sites (N-methyl/N-ethyl adjacent to an activating group) is 1. The van der Waals surface area contributed by atoms with Gasteiger partial charge in [-0.25, -0.2) is 0 Å². The van der Waals surface area contributed by atoms with Gasteiger partial charge in [0, 0.05) is 25.2 Å². The van der Waals surface area contributed by atoms with Crippen LogP contribution in [0.3, 0.4) is 0 Å². The summed E-state index contributed by atoms with van der Waals surface area (Å²) in [5, 5.41) is 0. The molecule has 0 spiro atoms. The van der Waals surface area contributed by atoms with Gasteiger partial charge in [0.2, 0.25) is 5.91 Å². The van der Waals surface area contributed by atoms with Crippen molar-refractivity contribution in [2.45, 2.75) is 76.8 Å². The van der Waals surface area contributed by atoms with E-state index in [0.29, 0.717) is 24.5 Å². The summed E-state index contributed by atoms with van der Waals surface area (Å²) in [5.41, 5.74) is 5.69. The Bertz CT molecular complexity index is 309. The molecular formula is C17H33N3O. The largest absolute Gasteiger partial charge is 0.339 e. The summed E-state index contributed by atoms with van der Waals surface area (Å²) < 4.78 is 0. The minimum Gasteiger partial charge on any atom is -0.339 e. The van der Waals surface area contributed by atoms with E-state index in [-0.39, 0.29) is 0 Å².